The quantitative estimate of drug-likeness (QED) is 0.141. The van der Waals surface area contributed by atoms with Crippen LogP contribution < -0.4 is 4.74 Å². The predicted molar refractivity (Wildman–Crippen MR) is 144 cm³/mol. The maximum Gasteiger partial charge on any atom is 0.266 e. The normalized spacial score (nSPS) is 14.7. The van der Waals surface area contributed by atoms with Crippen molar-refractivity contribution in [1.29, 1.82) is 0 Å². The van der Waals surface area contributed by atoms with Gasteiger partial charge in [0, 0.05) is 23.9 Å². The summed E-state index contributed by atoms with van der Waals surface area (Å²) in [4.78, 5) is 15.4. The number of hydrogen-bond donors (Lipinski definition) is 0. The molecule has 0 aliphatic carbocycles. The molecule has 0 spiro atoms. The molecule has 1 amide bonds. The highest BCUT2D eigenvalue weighted by Crippen LogP contribution is 2.35. The number of para-hydroxylation sites is 1. The Morgan fingerprint density at radius 3 is 2.59 bits per heavy atom. The maximum absolute atomic E-state index is 13.1. The molecule has 1 aliphatic rings. The molecule has 5 nitrogen and oxygen atoms in total. The van der Waals surface area contributed by atoms with Crippen LogP contribution in [0.3, 0.4) is 0 Å². The summed E-state index contributed by atoms with van der Waals surface area (Å²) in [6.45, 7) is 6.95. The summed E-state index contributed by atoms with van der Waals surface area (Å²) < 4.78 is 8.07. The molecule has 3 aromatic rings. The summed E-state index contributed by atoms with van der Waals surface area (Å²) in [7, 11) is 0. The van der Waals surface area contributed by atoms with E-state index in [1.54, 1.807) is 11.0 Å². The Labute approximate surface area is 210 Å². The Kier molecular flexibility index (Phi) is 7.98. The fraction of sp³-hybridized carbons (Fsp3) is 0.222. The molecule has 4 rings (SSSR count). The lowest BCUT2D eigenvalue weighted by Crippen LogP contribution is -2.28. The van der Waals surface area contributed by atoms with Crippen molar-refractivity contribution in [1.82, 2.24) is 14.7 Å². The van der Waals surface area contributed by atoms with Crippen molar-refractivity contribution in [3.63, 3.8) is 0 Å². The molecule has 2 heterocycles. The van der Waals surface area contributed by atoms with Crippen molar-refractivity contribution < 1.29 is 9.53 Å². The predicted octanol–water partition coefficient (Wildman–Crippen LogP) is 6.50. The lowest BCUT2D eigenvalue weighted by molar-refractivity contribution is -0.122. The number of rotatable bonds is 10. The summed E-state index contributed by atoms with van der Waals surface area (Å²) in [5.74, 6) is 0.735. The molecule has 0 radical (unpaired) electrons. The summed E-state index contributed by atoms with van der Waals surface area (Å²) in [6, 6.07) is 17.7. The van der Waals surface area contributed by atoms with Crippen LogP contribution in [0.25, 0.3) is 23.0 Å². The fourth-order valence-corrected chi connectivity index (χ4v) is 4.95. The molecule has 1 fully saturated rings. The molecule has 0 unspecified atom stereocenters. The van der Waals surface area contributed by atoms with Gasteiger partial charge in [-0.05, 0) is 48.9 Å². The molecular formula is C27H27N3O2S2. The van der Waals surface area contributed by atoms with E-state index in [2.05, 4.69) is 13.5 Å². The van der Waals surface area contributed by atoms with Gasteiger partial charge in [-0.1, -0.05) is 74.6 Å². The van der Waals surface area contributed by atoms with Gasteiger partial charge < -0.3 is 4.74 Å². The van der Waals surface area contributed by atoms with E-state index in [9.17, 15) is 4.79 Å². The van der Waals surface area contributed by atoms with E-state index in [0.29, 0.717) is 22.4 Å². The largest absolute Gasteiger partial charge is 0.490 e. The highest BCUT2D eigenvalue weighted by Gasteiger charge is 2.32. The van der Waals surface area contributed by atoms with Gasteiger partial charge in [0.15, 0.2) is 0 Å². The SMILES string of the molecule is C=CCOc1ccc(-c2nn(-c3ccccc3)cc2C=C2SC(=S)N(CCCCC)C2=O)cc1. The molecule has 0 bridgehead atoms. The summed E-state index contributed by atoms with van der Waals surface area (Å²) in [6.07, 6.45) is 8.71. The Balaban J connectivity index is 1.68. The van der Waals surface area contributed by atoms with Gasteiger partial charge in [0.25, 0.3) is 5.91 Å². The maximum atomic E-state index is 13.1. The van der Waals surface area contributed by atoms with Crippen LogP contribution in [0.15, 0.2) is 78.4 Å². The van der Waals surface area contributed by atoms with Gasteiger partial charge in [0.05, 0.1) is 16.3 Å². The van der Waals surface area contributed by atoms with Gasteiger partial charge >= 0.3 is 0 Å². The number of thioether (sulfide) groups is 1. The van der Waals surface area contributed by atoms with Crippen molar-refractivity contribution >= 4 is 40.3 Å². The molecular weight excluding hydrogens is 462 g/mol. The smallest absolute Gasteiger partial charge is 0.266 e. The summed E-state index contributed by atoms with van der Waals surface area (Å²) in [5, 5.41) is 4.86. The number of thiocarbonyl (C=S) groups is 1. The van der Waals surface area contributed by atoms with Crippen molar-refractivity contribution in [2.24, 2.45) is 0 Å². The van der Waals surface area contributed by atoms with E-state index in [4.69, 9.17) is 22.1 Å². The van der Waals surface area contributed by atoms with Crippen LogP contribution in [0, 0.1) is 0 Å². The molecule has 1 saturated heterocycles. The zero-order valence-electron chi connectivity index (χ0n) is 19.1. The van der Waals surface area contributed by atoms with E-state index in [1.807, 2.05) is 71.6 Å². The second-order valence-electron chi connectivity index (χ2n) is 7.88. The first-order chi connectivity index (χ1) is 16.6. The van der Waals surface area contributed by atoms with Gasteiger partial charge in [-0.2, -0.15) is 5.10 Å². The first kappa shape index (κ1) is 24.0. The fourth-order valence-electron chi connectivity index (χ4n) is 3.65. The standard InChI is InChI=1S/C27H27N3O2S2/c1-3-5-9-16-29-26(31)24(34-27(29)33)18-21-19-30(22-10-7-6-8-11-22)28-25(21)20-12-14-23(15-13-20)32-17-4-2/h4,6-8,10-15,18-19H,2-3,5,9,16-17H2,1H3. The van der Waals surface area contributed by atoms with E-state index in [-0.39, 0.29) is 5.91 Å². The average molecular weight is 490 g/mol. The number of aromatic nitrogens is 2. The summed E-state index contributed by atoms with van der Waals surface area (Å²) >= 11 is 6.86. The number of carbonyl (C=O) groups excluding carboxylic acids is 1. The Morgan fingerprint density at radius 1 is 1.12 bits per heavy atom. The van der Waals surface area contributed by atoms with Crippen LogP contribution in [0.1, 0.15) is 31.7 Å². The molecule has 1 aliphatic heterocycles. The number of benzene rings is 2. The topological polar surface area (TPSA) is 47.4 Å². The molecule has 0 N–H and O–H groups in total. The van der Waals surface area contributed by atoms with Gasteiger partial charge in [0.2, 0.25) is 0 Å². The van der Waals surface area contributed by atoms with Crippen molar-refractivity contribution in [2.75, 3.05) is 13.2 Å². The van der Waals surface area contributed by atoms with Crippen molar-refractivity contribution in [2.45, 2.75) is 26.2 Å². The van der Waals surface area contributed by atoms with Crippen LogP contribution in [0.5, 0.6) is 5.75 Å². The van der Waals surface area contributed by atoms with Crippen LogP contribution in [-0.4, -0.2) is 38.1 Å². The number of carbonyl (C=O) groups is 1. The van der Waals surface area contributed by atoms with E-state index >= 15 is 0 Å². The minimum Gasteiger partial charge on any atom is -0.490 e. The minimum absolute atomic E-state index is 0.0299. The van der Waals surface area contributed by atoms with Gasteiger partial charge in [0.1, 0.15) is 16.7 Å². The lowest BCUT2D eigenvalue weighted by Gasteiger charge is -2.13. The zero-order valence-corrected chi connectivity index (χ0v) is 20.8. The molecule has 1 aromatic heterocycles. The second kappa shape index (κ2) is 11.3. The first-order valence-corrected chi connectivity index (χ1v) is 12.6. The monoisotopic (exact) mass is 489 g/mol. The number of ether oxygens (including phenoxy) is 1. The lowest BCUT2D eigenvalue weighted by atomic mass is 10.1. The van der Waals surface area contributed by atoms with Gasteiger partial charge in [-0.15, -0.1) is 0 Å². The zero-order chi connectivity index (χ0) is 23.9. The van der Waals surface area contributed by atoms with Crippen LogP contribution in [-0.2, 0) is 4.79 Å². The first-order valence-electron chi connectivity index (χ1n) is 11.3. The Bertz CT molecular complexity index is 1200. The average Bonchev–Trinajstić information content (AvgIpc) is 3.40. The Morgan fingerprint density at radius 2 is 1.88 bits per heavy atom. The third kappa shape index (κ3) is 5.48. The van der Waals surface area contributed by atoms with Crippen molar-refractivity contribution in [3.8, 4) is 22.7 Å². The number of amides is 1. The van der Waals surface area contributed by atoms with Gasteiger partial charge in [-0.3, -0.25) is 9.69 Å². The highest BCUT2D eigenvalue weighted by atomic mass is 32.2. The summed E-state index contributed by atoms with van der Waals surface area (Å²) in [5.41, 5.74) is 3.53. The molecule has 34 heavy (non-hydrogen) atoms. The van der Waals surface area contributed by atoms with E-state index in [1.165, 1.54) is 11.8 Å². The van der Waals surface area contributed by atoms with E-state index < -0.39 is 0 Å². The molecule has 0 saturated carbocycles. The van der Waals surface area contributed by atoms with E-state index in [0.717, 1.165) is 47.5 Å². The molecule has 174 valence electrons. The number of unbranched alkanes of at least 4 members (excludes halogenated alkanes) is 2. The highest BCUT2D eigenvalue weighted by molar-refractivity contribution is 8.26. The minimum atomic E-state index is -0.0299. The van der Waals surface area contributed by atoms with Gasteiger partial charge in [-0.25, -0.2) is 4.68 Å². The second-order valence-corrected chi connectivity index (χ2v) is 9.55. The molecule has 2 aromatic carbocycles. The van der Waals surface area contributed by atoms with Crippen LogP contribution in [0.4, 0.5) is 0 Å². The van der Waals surface area contributed by atoms with Crippen LogP contribution in [0.2, 0.25) is 0 Å². The molecule has 0 atom stereocenters. The third-order valence-corrected chi connectivity index (χ3v) is 6.78. The van der Waals surface area contributed by atoms with Crippen molar-refractivity contribution in [3.05, 3.63) is 83.9 Å². The molecule has 7 heteroatoms. The number of hydrogen-bond acceptors (Lipinski definition) is 5. The Hall–Kier alpha value is -3.16. The third-order valence-electron chi connectivity index (χ3n) is 5.40. The van der Waals surface area contributed by atoms with Crippen LogP contribution >= 0.6 is 24.0 Å². The number of nitrogens with zero attached hydrogens (tertiary/aromatic N) is 3.